The summed E-state index contributed by atoms with van der Waals surface area (Å²) in [6.45, 7) is 4.10. The smallest absolute Gasteiger partial charge is 0.351 e. The summed E-state index contributed by atoms with van der Waals surface area (Å²) in [6, 6.07) is 11.2. The molecule has 2 N–H and O–H groups in total. The average Bonchev–Trinajstić information content (AvgIpc) is 2.91. The third-order valence-corrected chi connectivity index (χ3v) is 6.83. The molecule has 146 valence electrons. The Bertz CT molecular complexity index is 871. The van der Waals surface area contributed by atoms with Crippen LogP contribution in [0.1, 0.15) is 25.6 Å². The fourth-order valence-corrected chi connectivity index (χ4v) is 5.45. The van der Waals surface area contributed by atoms with Crippen LogP contribution >= 0.6 is 7.37 Å². The van der Waals surface area contributed by atoms with E-state index >= 15 is 0 Å². The first-order valence-corrected chi connectivity index (χ1v) is 10.6. The molecular formula is C18H24N3O5P. The number of rotatable bonds is 7. The maximum atomic E-state index is 13.4. The number of aromatic nitrogens is 2. The van der Waals surface area contributed by atoms with Gasteiger partial charge in [-0.05, 0) is 25.5 Å². The third-order valence-electron chi connectivity index (χ3n) is 4.09. The molecule has 0 amide bonds. The molecule has 2 heterocycles. The van der Waals surface area contributed by atoms with Gasteiger partial charge in [0.1, 0.15) is 12.0 Å². The van der Waals surface area contributed by atoms with Crippen molar-refractivity contribution >= 4 is 13.2 Å². The molecule has 0 bridgehead atoms. The van der Waals surface area contributed by atoms with E-state index in [1.165, 1.54) is 16.8 Å². The zero-order valence-electron chi connectivity index (χ0n) is 15.4. The molecule has 1 fully saturated rings. The van der Waals surface area contributed by atoms with Gasteiger partial charge >= 0.3 is 5.69 Å². The highest BCUT2D eigenvalue weighted by Gasteiger charge is 2.47. The topological polar surface area (TPSA) is 106 Å². The highest BCUT2D eigenvalue weighted by Crippen LogP contribution is 2.61. The Morgan fingerprint density at radius 2 is 2.07 bits per heavy atom. The molecule has 0 radical (unpaired) electrons. The number of ether oxygens (including phenoxy) is 2. The molecule has 1 aliphatic rings. The monoisotopic (exact) mass is 393 g/mol. The maximum absolute atomic E-state index is 13.4. The Balaban J connectivity index is 1.73. The predicted octanol–water partition coefficient (Wildman–Crippen LogP) is 2.60. The molecular weight excluding hydrogens is 369 g/mol. The lowest BCUT2D eigenvalue weighted by Crippen LogP contribution is -2.28. The Morgan fingerprint density at radius 3 is 2.74 bits per heavy atom. The van der Waals surface area contributed by atoms with Gasteiger partial charge in [-0.3, -0.25) is 9.13 Å². The zero-order valence-corrected chi connectivity index (χ0v) is 16.2. The average molecular weight is 393 g/mol. The minimum atomic E-state index is -3.18. The van der Waals surface area contributed by atoms with Crippen molar-refractivity contribution in [1.82, 2.24) is 9.55 Å². The third kappa shape index (κ3) is 4.84. The molecule has 8 nitrogen and oxygen atoms in total. The number of benzene rings is 1. The van der Waals surface area contributed by atoms with Crippen LogP contribution in [0.2, 0.25) is 0 Å². The van der Waals surface area contributed by atoms with Crippen LogP contribution in [0, 0.1) is 0 Å². The van der Waals surface area contributed by atoms with Gasteiger partial charge in [0.2, 0.25) is 7.37 Å². The fourth-order valence-electron chi connectivity index (χ4n) is 2.92. The standard InChI is InChI=1S/C18H24N3O5P/c1-13(2)26-27(23)12-16(21-9-8-15(19)20-18(21)22)25-17(27)11-24-10-14-6-4-3-5-7-14/h3-9,13,16-17H,10-12H2,1-2H3,(H2,19,20,22)/t16?,17-,27?/m0/s1. The normalized spacial score (nSPS) is 25.1. The first-order chi connectivity index (χ1) is 12.9. The summed E-state index contributed by atoms with van der Waals surface area (Å²) in [4.78, 5) is 15.8. The van der Waals surface area contributed by atoms with E-state index < -0.39 is 25.1 Å². The number of nitrogens with two attached hydrogens (primary N) is 1. The van der Waals surface area contributed by atoms with Crippen molar-refractivity contribution in [2.45, 2.75) is 38.6 Å². The van der Waals surface area contributed by atoms with Gasteiger partial charge in [0.25, 0.3) is 0 Å². The van der Waals surface area contributed by atoms with Crippen molar-refractivity contribution in [3.05, 3.63) is 58.6 Å². The zero-order chi connectivity index (χ0) is 19.4. The fraction of sp³-hybridized carbons (Fsp3) is 0.444. The maximum Gasteiger partial charge on any atom is 0.351 e. The van der Waals surface area contributed by atoms with Crippen molar-refractivity contribution in [3.8, 4) is 0 Å². The van der Waals surface area contributed by atoms with Crippen molar-refractivity contribution in [2.75, 3.05) is 18.5 Å². The molecule has 3 atom stereocenters. The van der Waals surface area contributed by atoms with Crippen molar-refractivity contribution in [3.63, 3.8) is 0 Å². The number of hydrogen-bond acceptors (Lipinski definition) is 7. The molecule has 3 rings (SSSR count). The van der Waals surface area contributed by atoms with Crippen LogP contribution in [-0.4, -0.2) is 34.3 Å². The van der Waals surface area contributed by atoms with Gasteiger partial charge in [-0.25, -0.2) is 4.79 Å². The molecule has 1 saturated heterocycles. The van der Waals surface area contributed by atoms with Crippen LogP contribution in [0.25, 0.3) is 0 Å². The van der Waals surface area contributed by atoms with Gasteiger partial charge in [0.05, 0.1) is 25.5 Å². The summed E-state index contributed by atoms with van der Waals surface area (Å²) < 4.78 is 32.0. The van der Waals surface area contributed by atoms with Crippen LogP contribution in [0.15, 0.2) is 47.4 Å². The molecule has 1 aromatic carbocycles. The quantitative estimate of drug-likeness (QED) is 0.721. The van der Waals surface area contributed by atoms with Crippen LogP contribution in [0.3, 0.4) is 0 Å². The van der Waals surface area contributed by atoms with Gasteiger partial charge in [-0.1, -0.05) is 30.3 Å². The second-order valence-electron chi connectivity index (χ2n) is 6.65. The molecule has 0 aliphatic carbocycles. The Kier molecular flexibility index (Phi) is 6.11. The number of hydrogen-bond donors (Lipinski definition) is 1. The van der Waals surface area contributed by atoms with Gasteiger partial charge in [0.15, 0.2) is 5.85 Å². The van der Waals surface area contributed by atoms with Crippen molar-refractivity contribution in [2.24, 2.45) is 0 Å². The lowest BCUT2D eigenvalue weighted by atomic mass is 10.2. The van der Waals surface area contributed by atoms with Gasteiger partial charge in [-0.15, -0.1) is 0 Å². The minimum absolute atomic E-state index is 0.0794. The van der Waals surface area contributed by atoms with Gasteiger partial charge in [-0.2, -0.15) is 4.98 Å². The van der Waals surface area contributed by atoms with E-state index in [4.69, 9.17) is 19.7 Å². The first kappa shape index (κ1) is 19.8. The molecule has 0 spiro atoms. The summed E-state index contributed by atoms with van der Waals surface area (Å²) in [5.41, 5.74) is 5.98. The van der Waals surface area contributed by atoms with E-state index in [9.17, 15) is 9.36 Å². The summed E-state index contributed by atoms with van der Waals surface area (Å²) in [5.74, 6) is -0.628. The lowest BCUT2D eigenvalue weighted by molar-refractivity contribution is -0.0324. The van der Waals surface area contributed by atoms with Crippen LogP contribution < -0.4 is 11.4 Å². The number of nitrogen functional groups attached to an aromatic ring is 1. The van der Waals surface area contributed by atoms with Gasteiger partial charge < -0.3 is 19.7 Å². The Hall–Kier alpha value is -1.99. The molecule has 0 saturated carbocycles. The van der Waals surface area contributed by atoms with Crippen LogP contribution in [0.5, 0.6) is 0 Å². The summed E-state index contributed by atoms with van der Waals surface area (Å²) in [7, 11) is -3.18. The van der Waals surface area contributed by atoms with E-state index in [-0.39, 0.29) is 24.7 Å². The molecule has 1 aliphatic heterocycles. The SMILES string of the molecule is CC(C)OP1(=O)CC(n2ccc(N)nc2=O)O[C@@H]1COCc1ccccc1. The van der Waals surface area contributed by atoms with Crippen molar-refractivity contribution in [1.29, 1.82) is 0 Å². The Labute approximate surface area is 157 Å². The molecule has 27 heavy (non-hydrogen) atoms. The second-order valence-corrected chi connectivity index (χ2v) is 9.26. The van der Waals surface area contributed by atoms with E-state index in [1.807, 2.05) is 44.2 Å². The molecule has 2 aromatic rings. The van der Waals surface area contributed by atoms with Crippen LogP contribution in [-0.2, 0) is 25.2 Å². The van der Waals surface area contributed by atoms with E-state index in [0.29, 0.717) is 6.61 Å². The number of anilines is 1. The van der Waals surface area contributed by atoms with E-state index in [2.05, 4.69) is 4.98 Å². The summed E-state index contributed by atoms with van der Waals surface area (Å²) in [5, 5.41) is 0. The van der Waals surface area contributed by atoms with Crippen LogP contribution in [0.4, 0.5) is 5.82 Å². The van der Waals surface area contributed by atoms with Crippen molar-refractivity contribution < 1.29 is 18.6 Å². The predicted molar refractivity (Wildman–Crippen MR) is 102 cm³/mol. The lowest BCUT2D eigenvalue weighted by Gasteiger charge is -2.21. The minimum Gasteiger partial charge on any atom is -0.383 e. The highest BCUT2D eigenvalue weighted by atomic mass is 31.2. The van der Waals surface area contributed by atoms with Gasteiger partial charge in [0, 0.05) is 6.20 Å². The largest absolute Gasteiger partial charge is 0.383 e. The molecule has 9 heteroatoms. The second kappa shape index (κ2) is 8.35. The summed E-state index contributed by atoms with van der Waals surface area (Å²) >= 11 is 0. The first-order valence-electron chi connectivity index (χ1n) is 8.76. The highest BCUT2D eigenvalue weighted by molar-refractivity contribution is 7.59. The summed E-state index contributed by atoms with van der Waals surface area (Å²) in [6.07, 6.45) is 0.592. The van der Waals surface area contributed by atoms with E-state index in [1.54, 1.807) is 0 Å². The molecule has 1 aromatic heterocycles. The number of nitrogens with zero attached hydrogens (tertiary/aromatic N) is 2. The Morgan fingerprint density at radius 1 is 1.33 bits per heavy atom. The molecule has 2 unspecified atom stereocenters. The van der Waals surface area contributed by atoms with E-state index in [0.717, 1.165) is 5.56 Å².